The number of phenols is 1. The first kappa shape index (κ1) is 18.3. The van der Waals surface area contributed by atoms with Crippen molar-refractivity contribution >= 4 is 5.97 Å². The Kier molecular flexibility index (Phi) is 7.14. The molecule has 6 nitrogen and oxygen atoms in total. The molecule has 0 fully saturated rings. The second-order valence-corrected chi connectivity index (χ2v) is 5.44. The van der Waals surface area contributed by atoms with Crippen molar-refractivity contribution in [3.8, 4) is 11.5 Å². The summed E-state index contributed by atoms with van der Waals surface area (Å²) in [6.07, 6.45) is -1.41. The summed E-state index contributed by atoms with van der Waals surface area (Å²) in [5, 5.41) is 19.8. The van der Waals surface area contributed by atoms with E-state index in [2.05, 4.69) is 0 Å². The van der Waals surface area contributed by atoms with Crippen LogP contribution in [0.1, 0.15) is 31.9 Å². The van der Waals surface area contributed by atoms with Gasteiger partial charge in [0, 0.05) is 13.5 Å². The number of phenolic OH excluding ortho intramolecular Hbond substituents is 1. The van der Waals surface area contributed by atoms with E-state index in [4.69, 9.17) is 14.2 Å². The molecular weight excluding hydrogens is 288 g/mol. The number of aliphatic hydroxyl groups excluding tert-OH is 1. The molecule has 0 aliphatic rings. The van der Waals surface area contributed by atoms with Crippen molar-refractivity contribution in [1.82, 2.24) is 0 Å². The third-order valence-electron chi connectivity index (χ3n) is 3.13. The first-order valence-corrected chi connectivity index (χ1v) is 7.12. The highest BCUT2D eigenvalue weighted by molar-refractivity contribution is 5.69. The van der Waals surface area contributed by atoms with Gasteiger partial charge in [0.05, 0.1) is 7.11 Å². The number of benzene rings is 1. The second-order valence-electron chi connectivity index (χ2n) is 5.44. The van der Waals surface area contributed by atoms with Gasteiger partial charge < -0.3 is 24.4 Å². The minimum absolute atomic E-state index is 0.000968. The molecule has 124 valence electrons. The van der Waals surface area contributed by atoms with Gasteiger partial charge in [-0.3, -0.25) is 4.79 Å². The maximum Gasteiger partial charge on any atom is 0.306 e. The molecular formula is C16H24O6. The van der Waals surface area contributed by atoms with Crippen molar-refractivity contribution in [2.75, 3.05) is 20.8 Å². The lowest BCUT2D eigenvalue weighted by molar-refractivity contribution is -0.150. The Labute approximate surface area is 130 Å². The molecule has 0 bridgehead atoms. The topological polar surface area (TPSA) is 85.2 Å². The highest BCUT2D eigenvalue weighted by Crippen LogP contribution is 2.31. The summed E-state index contributed by atoms with van der Waals surface area (Å²) >= 11 is 0. The van der Waals surface area contributed by atoms with Crippen molar-refractivity contribution < 1.29 is 29.2 Å². The molecule has 2 atom stereocenters. The lowest BCUT2D eigenvalue weighted by atomic mass is 10.0. The summed E-state index contributed by atoms with van der Waals surface area (Å²) < 4.78 is 15.4. The van der Waals surface area contributed by atoms with Crippen LogP contribution in [0.5, 0.6) is 11.5 Å². The smallest absolute Gasteiger partial charge is 0.306 e. The number of rotatable bonds is 8. The summed E-state index contributed by atoms with van der Waals surface area (Å²) in [6, 6.07) is 4.64. The van der Waals surface area contributed by atoms with Crippen molar-refractivity contribution in [3.63, 3.8) is 0 Å². The number of carbonyl (C=O) groups excluding carboxylic acids is 1. The Morgan fingerprint density at radius 3 is 2.50 bits per heavy atom. The standard InChI is InChI=1S/C16H24O6/c1-10(2)7-15(19)22-9-13(18)16(21-4)11-5-6-12(17)14(8-11)20-3/h5-6,8,10,13,16-18H,7,9H2,1-4H3/t13-,16-/m1/s1. The molecule has 0 radical (unpaired) electrons. The number of esters is 1. The van der Waals surface area contributed by atoms with Gasteiger partial charge in [0.25, 0.3) is 0 Å². The van der Waals surface area contributed by atoms with E-state index in [1.54, 1.807) is 12.1 Å². The maximum atomic E-state index is 11.5. The van der Waals surface area contributed by atoms with Crippen LogP contribution in [0.3, 0.4) is 0 Å². The molecule has 0 unspecified atom stereocenters. The van der Waals surface area contributed by atoms with Crippen LogP contribution < -0.4 is 4.74 Å². The summed E-state index contributed by atoms with van der Waals surface area (Å²) in [7, 11) is 2.88. The zero-order valence-electron chi connectivity index (χ0n) is 13.4. The Morgan fingerprint density at radius 2 is 1.95 bits per heavy atom. The molecule has 22 heavy (non-hydrogen) atoms. The zero-order chi connectivity index (χ0) is 16.7. The molecule has 1 aromatic rings. The first-order valence-electron chi connectivity index (χ1n) is 7.12. The molecule has 0 amide bonds. The van der Waals surface area contributed by atoms with Crippen LogP contribution in [0.2, 0.25) is 0 Å². The summed E-state index contributed by atoms with van der Waals surface area (Å²) in [5.74, 6) is 0.124. The van der Waals surface area contributed by atoms with Gasteiger partial charge in [-0.15, -0.1) is 0 Å². The average molecular weight is 312 g/mol. The van der Waals surface area contributed by atoms with Gasteiger partial charge in [-0.25, -0.2) is 0 Å². The van der Waals surface area contributed by atoms with E-state index >= 15 is 0 Å². The lowest BCUT2D eigenvalue weighted by Gasteiger charge is -2.22. The van der Waals surface area contributed by atoms with Gasteiger partial charge in [0.2, 0.25) is 0 Å². The molecule has 0 spiro atoms. The van der Waals surface area contributed by atoms with Gasteiger partial charge in [0.1, 0.15) is 18.8 Å². The van der Waals surface area contributed by atoms with E-state index in [-0.39, 0.29) is 30.0 Å². The molecule has 0 saturated carbocycles. The maximum absolute atomic E-state index is 11.5. The first-order chi connectivity index (χ1) is 10.4. The van der Waals surface area contributed by atoms with Gasteiger partial charge in [-0.1, -0.05) is 19.9 Å². The number of ether oxygens (including phenoxy) is 3. The van der Waals surface area contributed by atoms with E-state index in [9.17, 15) is 15.0 Å². The molecule has 0 aliphatic carbocycles. The second kappa shape index (κ2) is 8.60. The van der Waals surface area contributed by atoms with Crippen molar-refractivity contribution in [1.29, 1.82) is 0 Å². The van der Waals surface area contributed by atoms with Crippen LogP contribution in [-0.2, 0) is 14.3 Å². The average Bonchev–Trinajstić information content (AvgIpc) is 2.46. The number of methoxy groups -OCH3 is 2. The van der Waals surface area contributed by atoms with E-state index < -0.39 is 12.2 Å². The predicted molar refractivity (Wildman–Crippen MR) is 80.8 cm³/mol. The van der Waals surface area contributed by atoms with Gasteiger partial charge in [-0.05, 0) is 23.6 Å². The van der Waals surface area contributed by atoms with Crippen molar-refractivity contribution in [2.24, 2.45) is 5.92 Å². The predicted octanol–water partition coefficient (Wildman–Crippen LogP) is 2.04. The normalized spacial score (nSPS) is 13.7. The fourth-order valence-corrected chi connectivity index (χ4v) is 2.04. The number of aliphatic hydroxyl groups is 1. The zero-order valence-corrected chi connectivity index (χ0v) is 13.4. The van der Waals surface area contributed by atoms with Crippen LogP contribution >= 0.6 is 0 Å². The lowest BCUT2D eigenvalue weighted by Crippen LogP contribution is -2.27. The van der Waals surface area contributed by atoms with Crippen molar-refractivity contribution in [3.05, 3.63) is 23.8 Å². The van der Waals surface area contributed by atoms with Crippen LogP contribution in [0.25, 0.3) is 0 Å². The molecule has 1 aromatic carbocycles. The van der Waals surface area contributed by atoms with Crippen molar-refractivity contribution in [2.45, 2.75) is 32.5 Å². The third kappa shape index (κ3) is 5.20. The molecule has 1 rings (SSSR count). The van der Waals surface area contributed by atoms with Crippen LogP contribution in [0.4, 0.5) is 0 Å². The number of hydrogen-bond acceptors (Lipinski definition) is 6. The molecule has 0 heterocycles. The summed E-state index contributed by atoms with van der Waals surface area (Å²) in [5.41, 5.74) is 0.615. The summed E-state index contributed by atoms with van der Waals surface area (Å²) in [6.45, 7) is 3.67. The number of aromatic hydroxyl groups is 1. The van der Waals surface area contributed by atoms with Gasteiger partial charge in [0.15, 0.2) is 11.5 Å². The van der Waals surface area contributed by atoms with Crippen LogP contribution in [0.15, 0.2) is 18.2 Å². The Balaban J connectivity index is 2.72. The third-order valence-corrected chi connectivity index (χ3v) is 3.13. The van der Waals surface area contributed by atoms with Gasteiger partial charge >= 0.3 is 5.97 Å². The monoisotopic (exact) mass is 312 g/mol. The quantitative estimate of drug-likeness (QED) is 0.715. The van der Waals surface area contributed by atoms with Crippen LogP contribution in [0, 0.1) is 5.92 Å². The van der Waals surface area contributed by atoms with Crippen LogP contribution in [-0.4, -0.2) is 43.1 Å². The SMILES string of the molecule is COc1cc([C@@H](OC)[C@H](O)COC(=O)CC(C)C)ccc1O. The molecule has 6 heteroatoms. The van der Waals surface area contributed by atoms with E-state index in [0.29, 0.717) is 12.0 Å². The van der Waals surface area contributed by atoms with E-state index in [0.717, 1.165) is 0 Å². The minimum Gasteiger partial charge on any atom is -0.504 e. The minimum atomic E-state index is -1.02. The highest BCUT2D eigenvalue weighted by Gasteiger charge is 2.23. The molecule has 0 aliphatic heterocycles. The highest BCUT2D eigenvalue weighted by atomic mass is 16.5. The fourth-order valence-electron chi connectivity index (χ4n) is 2.04. The largest absolute Gasteiger partial charge is 0.504 e. The number of hydrogen-bond donors (Lipinski definition) is 2. The Bertz CT molecular complexity index is 486. The Morgan fingerprint density at radius 1 is 1.27 bits per heavy atom. The summed E-state index contributed by atoms with van der Waals surface area (Å²) in [4.78, 5) is 11.5. The fraction of sp³-hybridized carbons (Fsp3) is 0.562. The Hall–Kier alpha value is -1.79. The molecule has 2 N–H and O–H groups in total. The molecule has 0 aromatic heterocycles. The van der Waals surface area contributed by atoms with Gasteiger partial charge in [-0.2, -0.15) is 0 Å². The molecule has 0 saturated heterocycles. The number of carbonyl (C=O) groups is 1. The van der Waals surface area contributed by atoms with E-state index in [1.165, 1.54) is 20.3 Å². The van der Waals surface area contributed by atoms with E-state index in [1.807, 2.05) is 13.8 Å².